The zero-order chi connectivity index (χ0) is 13.1. The molecule has 1 unspecified atom stereocenters. The molecule has 1 heterocycles. The van der Waals surface area contributed by atoms with E-state index in [1.165, 1.54) is 6.20 Å². The van der Waals surface area contributed by atoms with E-state index in [4.69, 9.17) is 10.2 Å². The van der Waals surface area contributed by atoms with Gasteiger partial charge in [-0.2, -0.15) is 0 Å². The van der Waals surface area contributed by atoms with Crippen LogP contribution in [0.25, 0.3) is 0 Å². The van der Waals surface area contributed by atoms with Crippen LogP contribution in [0.3, 0.4) is 0 Å². The topological polar surface area (TPSA) is 81.1 Å². The molecule has 17 heavy (non-hydrogen) atoms. The summed E-state index contributed by atoms with van der Waals surface area (Å²) in [5.41, 5.74) is 5.37. The largest absolute Gasteiger partial charge is 0.436 e. The Kier molecular flexibility index (Phi) is 4.28. The first-order valence-electron chi connectivity index (χ1n) is 5.78. The van der Waals surface area contributed by atoms with E-state index in [0.717, 1.165) is 13.0 Å². The fourth-order valence-electron chi connectivity index (χ4n) is 1.36. The van der Waals surface area contributed by atoms with Gasteiger partial charge in [-0.15, -0.1) is 0 Å². The average molecular weight is 239 g/mol. The Morgan fingerprint density at radius 3 is 2.71 bits per heavy atom. The van der Waals surface area contributed by atoms with Crippen LogP contribution >= 0.6 is 0 Å². The maximum absolute atomic E-state index is 10.8. The number of primary amides is 1. The summed E-state index contributed by atoms with van der Waals surface area (Å²) in [5, 5.41) is 3.32. The molecule has 0 bridgehead atoms. The van der Waals surface area contributed by atoms with E-state index >= 15 is 0 Å². The number of amides is 1. The van der Waals surface area contributed by atoms with Crippen molar-refractivity contribution in [3.05, 3.63) is 17.8 Å². The van der Waals surface area contributed by atoms with Crippen LogP contribution in [-0.2, 0) is 0 Å². The van der Waals surface area contributed by atoms with E-state index in [1.54, 1.807) is 0 Å². The molecular formula is C12H21N3O2. The Hall–Kier alpha value is -1.36. The fraction of sp³-hybridized carbons (Fsp3) is 0.667. The summed E-state index contributed by atoms with van der Waals surface area (Å²) >= 11 is 0. The first kappa shape index (κ1) is 13.7. The van der Waals surface area contributed by atoms with Crippen LogP contribution in [0.5, 0.6) is 0 Å². The first-order chi connectivity index (χ1) is 7.79. The molecule has 96 valence electrons. The SMILES string of the molecule is CC(NCCC(C)(C)C)c1cnc(C(N)=O)o1. The summed E-state index contributed by atoms with van der Waals surface area (Å²) < 4.78 is 5.24. The summed E-state index contributed by atoms with van der Waals surface area (Å²) in [6.07, 6.45) is 2.60. The minimum Gasteiger partial charge on any atom is -0.436 e. The van der Waals surface area contributed by atoms with Gasteiger partial charge in [-0.3, -0.25) is 4.79 Å². The van der Waals surface area contributed by atoms with Crippen molar-refractivity contribution in [2.75, 3.05) is 6.54 Å². The second-order valence-corrected chi connectivity index (χ2v) is 5.42. The Morgan fingerprint density at radius 1 is 1.59 bits per heavy atom. The molecule has 0 aromatic carbocycles. The monoisotopic (exact) mass is 239 g/mol. The molecule has 1 amide bonds. The number of rotatable bonds is 5. The average Bonchev–Trinajstić information content (AvgIpc) is 2.63. The van der Waals surface area contributed by atoms with E-state index in [-0.39, 0.29) is 11.9 Å². The molecule has 0 aliphatic heterocycles. The minimum atomic E-state index is -0.641. The van der Waals surface area contributed by atoms with Crippen LogP contribution < -0.4 is 11.1 Å². The number of nitrogens with two attached hydrogens (primary N) is 1. The maximum Gasteiger partial charge on any atom is 0.304 e. The molecule has 0 aliphatic carbocycles. The summed E-state index contributed by atoms with van der Waals surface area (Å²) in [6.45, 7) is 9.43. The lowest BCUT2D eigenvalue weighted by Gasteiger charge is -2.19. The van der Waals surface area contributed by atoms with Crippen LogP contribution in [0.1, 0.15) is 56.6 Å². The lowest BCUT2D eigenvalue weighted by atomic mass is 9.92. The number of oxazole rings is 1. The summed E-state index contributed by atoms with van der Waals surface area (Å²) in [6, 6.07) is 0.0259. The van der Waals surface area contributed by atoms with E-state index in [9.17, 15) is 4.79 Å². The highest BCUT2D eigenvalue weighted by Gasteiger charge is 2.15. The van der Waals surface area contributed by atoms with E-state index in [1.807, 2.05) is 6.92 Å². The van der Waals surface area contributed by atoms with Gasteiger partial charge in [0.1, 0.15) is 5.76 Å². The fourth-order valence-corrected chi connectivity index (χ4v) is 1.36. The van der Waals surface area contributed by atoms with Gasteiger partial charge < -0.3 is 15.5 Å². The number of carbonyl (C=O) groups is 1. The van der Waals surface area contributed by atoms with Crippen LogP contribution in [-0.4, -0.2) is 17.4 Å². The van der Waals surface area contributed by atoms with Crippen molar-refractivity contribution in [2.45, 2.75) is 40.2 Å². The van der Waals surface area contributed by atoms with Crippen LogP contribution in [0.15, 0.2) is 10.6 Å². The predicted molar refractivity (Wildman–Crippen MR) is 65.5 cm³/mol. The van der Waals surface area contributed by atoms with Crippen molar-refractivity contribution in [3.63, 3.8) is 0 Å². The second kappa shape index (κ2) is 5.31. The third kappa shape index (κ3) is 4.56. The van der Waals surface area contributed by atoms with Crippen molar-refractivity contribution in [1.29, 1.82) is 0 Å². The van der Waals surface area contributed by atoms with Crippen molar-refractivity contribution in [2.24, 2.45) is 11.1 Å². The summed E-state index contributed by atoms with van der Waals surface area (Å²) in [7, 11) is 0. The molecule has 1 aromatic rings. The third-order valence-electron chi connectivity index (χ3n) is 2.49. The molecule has 0 fully saturated rings. The van der Waals surface area contributed by atoms with E-state index < -0.39 is 5.91 Å². The molecular weight excluding hydrogens is 218 g/mol. The Labute approximate surface area is 102 Å². The summed E-state index contributed by atoms with van der Waals surface area (Å²) in [4.78, 5) is 14.6. The number of aromatic nitrogens is 1. The van der Waals surface area contributed by atoms with Crippen molar-refractivity contribution >= 4 is 5.91 Å². The normalized spacial score (nSPS) is 13.6. The zero-order valence-corrected chi connectivity index (χ0v) is 10.9. The Morgan fingerprint density at radius 2 is 2.24 bits per heavy atom. The van der Waals surface area contributed by atoms with Crippen molar-refractivity contribution in [1.82, 2.24) is 10.3 Å². The van der Waals surface area contributed by atoms with Crippen LogP contribution in [0.4, 0.5) is 0 Å². The van der Waals surface area contributed by atoms with Crippen LogP contribution in [0.2, 0.25) is 0 Å². The maximum atomic E-state index is 10.8. The van der Waals surface area contributed by atoms with Gasteiger partial charge in [-0.25, -0.2) is 4.98 Å². The highest BCUT2D eigenvalue weighted by molar-refractivity contribution is 5.87. The standard InChI is InChI=1S/C12H21N3O2/c1-8(14-6-5-12(2,3)4)9-7-15-11(17-9)10(13)16/h7-8,14H,5-6H2,1-4H3,(H2,13,16). The molecule has 0 aliphatic rings. The minimum absolute atomic E-state index is 0.0259. The van der Waals surface area contributed by atoms with Gasteiger partial charge in [-0.1, -0.05) is 20.8 Å². The molecule has 0 radical (unpaired) electrons. The number of hydrogen-bond acceptors (Lipinski definition) is 4. The number of hydrogen-bond donors (Lipinski definition) is 2. The number of carbonyl (C=O) groups excluding carboxylic acids is 1. The number of nitrogens with one attached hydrogen (secondary N) is 1. The summed E-state index contributed by atoms with van der Waals surface area (Å²) in [5.74, 6) is -0.0460. The van der Waals surface area contributed by atoms with Gasteiger partial charge in [-0.05, 0) is 25.3 Å². The molecule has 0 saturated heterocycles. The zero-order valence-electron chi connectivity index (χ0n) is 10.9. The lowest BCUT2D eigenvalue weighted by Crippen LogP contribution is -2.23. The van der Waals surface area contributed by atoms with Gasteiger partial charge in [0.25, 0.3) is 5.89 Å². The molecule has 1 rings (SSSR count). The first-order valence-corrected chi connectivity index (χ1v) is 5.78. The smallest absolute Gasteiger partial charge is 0.304 e. The second-order valence-electron chi connectivity index (χ2n) is 5.42. The molecule has 1 atom stereocenters. The van der Waals surface area contributed by atoms with Gasteiger partial charge in [0.2, 0.25) is 0 Å². The highest BCUT2D eigenvalue weighted by atomic mass is 16.4. The Balaban J connectivity index is 2.46. The predicted octanol–water partition coefficient (Wildman–Crippen LogP) is 1.86. The van der Waals surface area contributed by atoms with E-state index in [0.29, 0.717) is 11.2 Å². The molecule has 5 heteroatoms. The van der Waals surface area contributed by atoms with Crippen molar-refractivity contribution < 1.29 is 9.21 Å². The van der Waals surface area contributed by atoms with E-state index in [2.05, 4.69) is 31.1 Å². The number of nitrogens with zero attached hydrogens (tertiary/aromatic N) is 1. The highest BCUT2D eigenvalue weighted by Crippen LogP contribution is 2.19. The Bertz CT molecular complexity index is 379. The van der Waals surface area contributed by atoms with Gasteiger partial charge >= 0.3 is 5.91 Å². The van der Waals surface area contributed by atoms with Gasteiger partial charge in [0.15, 0.2) is 0 Å². The molecule has 0 spiro atoms. The molecule has 5 nitrogen and oxygen atoms in total. The van der Waals surface area contributed by atoms with Crippen molar-refractivity contribution in [3.8, 4) is 0 Å². The molecule has 1 aromatic heterocycles. The quantitative estimate of drug-likeness (QED) is 0.821. The lowest BCUT2D eigenvalue weighted by molar-refractivity contribution is 0.0964. The van der Waals surface area contributed by atoms with Gasteiger partial charge in [0.05, 0.1) is 12.2 Å². The molecule has 0 saturated carbocycles. The van der Waals surface area contributed by atoms with Gasteiger partial charge in [0, 0.05) is 0 Å². The molecule has 3 N–H and O–H groups in total. The third-order valence-corrected chi connectivity index (χ3v) is 2.49. The van der Waals surface area contributed by atoms with Crippen LogP contribution in [0, 0.1) is 5.41 Å².